The van der Waals surface area contributed by atoms with Crippen molar-refractivity contribution in [2.75, 3.05) is 13.2 Å². The Morgan fingerprint density at radius 1 is 0.644 bits per heavy atom. The fraction of sp³-hybridized carbons (Fsp3) is 0.757. The van der Waals surface area contributed by atoms with Gasteiger partial charge in [0.05, 0.1) is 31.8 Å². The van der Waals surface area contributed by atoms with E-state index in [0.717, 1.165) is 0 Å². The van der Waals surface area contributed by atoms with Gasteiger partial charge in [-0.2, -0.15) is 0 Å². The van der Waals surface area contributed by atoms with Gasteiger partial charge in [0.15, 0.2) is 0 Å². The molecule has 0 aliphatic heterocycles. The summed E-state index contributed by atoms with van der Waals surface area (Å²) in [6, 6.07) is -10.0. The SMILES string of the molecule is CCCC[C@@H](NC(=O)[C@H](CC(C)C)NC(=O)[C@@H](N)[C@H](O)C(C)C)C(=O)NC(C(=O)N[C@H](C(=O)NCC(=O)N[C@@H](CC(N)=O)C(=O)N[C@@H](CO)C(=O)O)[C@H](C)O)[C@@H](C)CC. The molecule has 0 fully saturated rings. The number of hydrogen-bond donors (Lipinski definition) is 13. The molecule has 0 aromatic carbocycles. The van der Waals surface area contributed by atoms with E-state index in [1.54, 1.807) is 27.7 Å². The van der Waals surface area contributed by atoms with E-state index in [2.05, 4.69) is 31.9 Å². The second kappa shape index (κ2) is 26.9. The molecule has 0 bridgehead atoms. The van der Waals surface area contributed by atoms with Gasteiger partial charge in [-0.15, -0.1) is 0 Å². The fourth-order valence-corrected chi connectivity index (χ4v) is 5.48. The van der Waals surface area contributed by atoms with Crippen LogP contribution in [0, 0.1) is 17.8 Å². The van der Waals surface area contributed by atoms with Crippen molar-refractivity contribution in [1.82, 2.24) is 37.2 Å². The molecule has 0 saturated carbocycles. The molecule has 0 aliphatic rings. The van der Waals surface area contributed by atoms with Crippen molar-refractivity contribution in [3.05, 3.63) is 0 Å². The monoisotopic (exact) mass is 845 g/mol. The lowest BCUT2D eigenvalue weighted by Crippen LogP contribution is -2.62. The summed E-state index contributed by atoms with van der Waals surface area (Å²) in [6.45, 7) is 11.6. The van der Waals surface area contributed by atoms with E-state index >= 15 is 0 Å². The lowest BCUT2D eigenvalue weighted by Gasteiger charge is -2.30. The molecule has 0 rings (SSSR count). The van der Waals surface area contributed by atoms with Gasteiger partial charge >= 0.3 is 5.97 Å². The Kier molecular flexibility index (Phi) is 24.7. The minimum absolute atomic E-state index is 0.0802. The number of carboxylic acids is 1. The van der Waals surface area contributed by atoms with E-state index in [4.69, 9.17) is 16.6 Å². The standard InChI is InChI=1S/C37H67N9O13/c1-9-11-12-21(42-32(53)22(13-17(3)4)43-34(55)27(39)30(51)18(5)6)31(52)45-28(19(7)10-2)36(57)46-29(20(8)48)35(56)40-15-26(50)41-23(14-25(38)49)33(54)44-24(16-47)37(58)59/h17-24,27-30,47-48,51H,9-16,39H2,1-8H3,(H2,38,49)(H,40,56)(H,41,50)(H,42,53)(H,43,55)(H,44,54)(H,45,52)(H,46,57)(H,58,59)/t19-,20-,21+,22-,23-,24-,27-,28?,29-,30+/m0/s1. The quantitative estimate of drug-likeness (QED) is 0.0357. The first-order chi connectivity index (χ1) is 27.4. The average molecular weight is 846 g/mol. The number of nitrogens with two attached hydrogens (primary N) is 2. The lowest BCUT2D eigenvalue weighted by atomic mass is 9.96. The Morgan fingerprint density at radius 3 is 1.64 bits per heavy atom. The van der Waals surface area contributed by atoms with Crippen molar-refractivity contribution in [2.45, 2.75) is 148 Å². The van der Waals surface area contributed by atoms with Crippen molar-refractivity contribution < 1.29 is 63.6 Å². The number of carbonyl (C=O) groups is 9. The van der Waals surface area contributed by atoms with Crippen molar-refractivity contribution >= 4 is 53.2 Å². The molecule has 1 unspecified atom stereocenters. The maximum atomic E-state index is 13.8. The van der Waals surface area contributed by atoms with Crippen LogP contribution in [0.1, 0.15) is 93.9 Å². The highest BCUT2D eigenvalue weighted by atomic mass is 16.4. The van der Waals surface area contributed by atoms with Gasteiger partial charge < -0.3 is 69.1 Å². The molecule has 22 nitrogen and oxygen atoms in total. The van der Waals surface area contributed by atoms with Crippen molar-refractivity contribution in [3.63, 3.8) is 0 Å². The lowest BCUT2D eigenvalue weighted by molar-refractivity contribution is -0.143. The number of aliphatic hydroxyl groups excluding tert-OH is 3. The summed E-state index contributed by atoms with van der Waals surface area (Å²) in [5.74, 6) is -9.98. The van der Waals surface area contributed by atoms with Crippen LogP contribution < -0.4 is 48.7 Å². The van der Waals surface area contributed by atoms with Crippen molar-refractivity contribution in [3.8, 4) is 0 Å². The van der Waals surface area contributed by atoms with Crippen LogP contribution in [0.5, 0.6) is 0 Å². The molecule has 0 saturated heterocycles. The molecule has 0 aromatic rings. The van der Waals surface area contributed by atoms with Crippen LogP contribution in [-0.4, -0.2) is 141 Å². The summed E-state index contributed by atoms with van der Waals surface area (Å²) in [6.07, 6.45) is -1.68. The van der Waals surface area contributed by atoms with E-state index in [1.165, 1.54) is 6.92 Å². The summed E-state index contributed by atoms with van der Waals surface area (Å²) < 4.78 is 0. The Bertz CT molecular complexity index is 1450. The van der Waals surface area contributed by atoms with Crippen LogP contribution in [0.3, 0.4) is 0 Å². The van der Waals surface area contributed by atoms with Gasteiger partial charge in [-0.3, -0.25) is 38.4 Å². The highest BCUT2D eigenvalue weighted by Gasteiger charge is 2.36. The zero-order valence-corrected chi connectivity index (χ0v) is 35.2. The molecular weight excluding hydrogens is 778 g/mol. The highest BCUT2D eigenvalue weighted by Crippen LogP contribution is 2.13. The van der Waals surface area contributed by atoms with E-state index in [1.807, 2.05) is 26.1 Å². The topological polar surface area (TPSA) is 371 Å². The third-order valence-corrected chi connectivity index (χ3v) is 9.31. The maximum Gasteiger partial charge on any atom is 0.328 e. The molecule has 0 heterocycles. The van der Waals surface area contributed by atoms with Crippen LogP contribution in [0.2, 0.25) is 0 Å². The number of carbonyl (C=O) groups excluding carboxylic acids is 8. The predicted octanol–water partition coefficient (Wildman–Crippen LogP) is -4.03. The molecule has 0 spiro atoms. The van der Waals surface area contributed by atoms with Crippen molar-refractivity contribution in [1.29, 1.82) is 0 Å². The highest BCUT2D eigenvalue weighted by molar-refractivity contribution is 5.97. The van der Waals surface area contributed by atoms with E-state index < -0.39 is 133 Å². The maximum absolute atomic E-state index is 13.8. The molecule has 15 N–H and O–H groups in total. The predicted molar refractivity (Wildman–Crippen MR) is 212 cm³/mol. The van der Waals surface area contributed by atoms with Crippen molar-refractivity contribution in [2.24, 2.45) is 29.2 Å². The van der Waals surface area contributed by atoms with Crippen LogP contribution in [-0.2, 0) is 43.2 Å². The average Bonchev–Trinajstić information content (AvgIpc) is 3.15. The van der Waals surface area contributed by atoms with Gasteiger partial charge in [0, 0.05) is 0 Å². The first-order valence-corrected chi connectivity index (χ1v) is 19.7. The van der Waals surface area contributed by atoms with Gasteiger partial charge in [-0.05, 0) is 37.5 Å². The zero-order chi connectivity index (χ0) is 45.7. The summed E-state index contributed by atoms with van der Waals surface area (Å²) in [5, 5.41) is 55.5. The van der Waals surface area contributed by atoms with Gasteiger partial charge in [-0.25, -0.2) is 4.79 Å². The van der Waals surface area contributed by atoms with Gasteiger partial charge in [-0.1, -0.05) is 67.7 Å². The Morgan fingerprint density at radius 2 is 1.17 bits per heavy atom. The number of amides is 8. The number of aliphatic hydroxyl groups is 3. The number of rotatable bonds is 28. The Balaban J connectivity index is 6.06. The van der Waals surface area contributed by atoms with Crippen LogP contribution in [0.25, 0.3) is 0 Å². The third kappa shape index (κ3) is 19.6. The summed E-state index contributed by atoms with van der Waals surface area (Å²) in [4.78, 5) is 115. The second-order valence-electron chi connectivity index (χ2n) is 15.3. The minimum atomic E-state index is -1.76. The Hall–Kier alpha value is -4.93. The molecule has 0 aromatic heterocycles. The van der Waals surface area contributed by atoms with Crippen LogP contribution in [0.4, 0.5) is 0 Å². The van der Waals surface area contributed by atoms with E-state index in [-0.39, 0.29) is 24.7 Å². The largest absolute Gasteiger partial charge is 0.480 e. The molecule has 0 radical (unpaired) electrons. The summed E-state index contributed by atoms with van der Waals surface area (Å²) in [7, 11) is 0. The molecule has 10 atom stereocenters. The first kappa shape index (κ1) is 54.1. The molecule has 0 aliphatic carbocycles. The van der Waals surface area contributed by atoms with Gasteiger partial charge in [0.1, 0.15) is 42.3 Å². The fourth-order valence-electron chi connectivity index (χ4n) is 5.48. The second-order valence-corrected chi connectivity index (χ2v) is 15.3. The van der Waals surface area contributed by atoms with Crippen LogP contribution in [0.15, 0.2) is 0 Å². The number of hydrogen-bond acceptors (Lipinski definition) is 13. The third-order valence-electron chi connectivity index (χ3n) is 9.31. The van der Waals surface area contributed by atoms with Gasteiger partial charge in [0.2, 0.25) is 47.3 Å². The number of nitrogens with one attached hydrogen (secondary N) is 7. The minimum Gasteiger partial charge on any atom is -0.480 e. The Labute approximate surface area is 344 Å². The smallest absolute Gasteiger partial charge is 0.328 e. The molecule has 59 heavy (non-hydrogen) atoms. The number of aliphatic carboxylic acids is 1. The van der Waals surface area contributed by atoms with E-state index in [0.29, 0.717) is 19.3 Å². The zero-order valence-electron chi connectivity index (χ0n) is 35.2. The molecule has 8 amide bonds. The molecule has 22 heteroatoms. The van der Waals surface area contributed by atoms with Crippen LogP contribution >= 0.6 is 0 Å². The van der Waals surface area contributed by atoms with E-state index in [9.17, 15) is 58.5 Å². The molecule has 338 valence electrons. The number of carboxylic acid groups (broad SMARTS) is 1. The van der Waals surface area contributed by atoms with Gasteiger partial charge in [0.25, 0.3) is 0 Å². The summed E-state index contributed by atoms with van der Waals surface area (Å²) >= 11 is 0. The summed E-state index contributed by atoms with van der Waals surface area (Å²) in [5.41, 5.74) is 11.1. The normalized spacial score (nSPS) is 16.4. The number of unbranched alkanes of at least 4 members (excludes halogenated alkanes) is 1. The molecular formula is C37H67N9O13. The first-order valence-electron chi connectivity index (χ1n) is 19.7. The number of primary amides is 1.